The van der Waals surface area contributed by atoms with Crippen LogP contribution in [0.15, 0.2) is 12.7 Å². The van der Waals surface area contributed by atoms with Gasteiger partial charge in [-0.1, -0.05) is 13.8 Å². The van der Waals surface area contributed by atoms with E-state index in [1.54, 1.807) is 11.0 Å². The Balaban J connectivity index is 2.43. The van der Waals surface area contributed by atoms with Crippen LogP contribution in [-0.2, 0) is 6.42 Å². The van der Waals surface area contributed by atoms with Gasteiger partial charge in [-0.3, -0.25) is 0 Å². The molecule has 2 heterocycles. The molecule has 6 nitrogen and oxygen atoms in total. The summed E-state index contributed by atoms with van der Waals surface area (Å²) in [5.41, 5.74) is 0.999. The molecular formula is C13H20N6. The minimum Gasteiger partial charge on any atom is -0.370 e. The van der Waals surface area contributed by atoms with Crippen molar-refractivity contribution in [1.29, 1.82) is 0 Å². The van der Waals surface area contributed by atoms with E-state index in [9.17, 15) is 0 Å². The molecule has 0 fully saturated rings. The number of rotatable bonds is 6. The summed E-state index contributed by atoms with van der Waals surface area (Å²) in [5.74, 6) is 2.54. The largest absolute Gasteiger partial charge is 0.370 e. The van der Waals surface area contributed by atoms with Crippen LogP contribution in [0.25, 0.3) is 5.82 Å². The summed E-state index contributed by atoms with van der Waals surface area (Å²) in [6.45, 7) is 7.16. The van der Waals surface area contributed by atoms with Gasteiger partial charge < -0.3 is 5.32 Å². The van der Waals surface area contributed by atoms with E-state index in [4.69, 9.17) is 0 Å². The van der Waals surface area contributed by atoms with Crippen molar-refractivity contribution >= 4 is 5.82 Å². The van der Waals surface area contributed by atoms with Crippen LogP contribution in [0.3, 0.4) is 0 Å². The predicted molar refractivity (Wildman–Crippen MR) is 74.5 cm³/mol. The van der Waals surface area contributed by atoms with Gasteiger partial charge in [0.15, 0.2) is 5.82 Å². The van der Waals surface area contributed by atoms with Crippen LogP contribution in [0.1, 0.15) is 38.1 Å². The number of nitrogens with zero attached hydrogens (tertiary/aromatic N) is 5. The number of aromatic nitrogens is 5. The van der Waals surface area contributed by atoms with Crippen molar-refractivity contribution < 1.29 is 0 Å². The highest BCUT2D eigenvalue weighted by molar-refractivity contribution is 5.51. The van der Waals surface area contributed by atoms with E-state index in [2.05, 4.69) is 39.2 Å². The second kappa shape index (κ2) is 6.26. The van der Waals surface area contributed by atoms with Crippen LogP contribution in [0.5, 0.6) is 0 Å². The molecule has 19 heavy (non-hydrogen) atoms. The minimum absolute atomic E-state index is 0.801. The third-order valence-corrected chi connectivity index (χ3v) is 2.82. The minimum atomic E-state index is 0.801. The first kappa shape index (κ1) is 13.5. The van der Waals surface area contributed by atoms with Crippen LogP contribution in [0.2, 0.25) is 0 Å². The Hall–Kier alpha value is -1.98. The first-order valence-electron chi connectivity index (χ1n) is 6.72. The molecule has 0 radical (unpaired) electrons. The molecule has 2 aromatic heterocycles. The second-order valence-corrected chi connectivity index (χ2v) is 4.45. The third kappa shape index (κ3) is 3.07. The van der Waals surface area contributed by atoms with Gasteiger partial charge >= 0.3 is 0 Å². The number of hydrogen-bond acceptors (Lipinski definition) is 5. The molecule has 0 aromatic carbocycles. The smallest absolute Gasteiger partial charge is 0.163 e. The Labute approximate surface area is 113 Å². The maximum atomic E-state index is 4.59. The molecule has 1 N–H and O–H groups in total. The Kier molecular flexibility index (Phi) is 4.43. The molecule has 0 atom stereocenters. The summed E-state index contributed by atoms with van der Waals surface area (Å²) < 4.78 is 1.69. The zero-order chi connectivity index (χ0) is 13.7. The van der Waals surface area contributed by atoms with Gasteiger partial charge in [-0.2, -0.15) is 5.10 Å². The van der Waals surface area contributed by atoms with E-state index >= 15 is 0 Å². The van der Waals surface area contributed by atoms with Crippen molar-refractivity contribution in [2.24, 2.45) is 0 Å². The van der Waals surface area contributed by atoms with Gasteiger partial charge in [0.05, 0.1) is 0 Å². The fourth-order valence-electron chi connectivity index (χ4n) is 1.84. The van der Waals surface area contributed by atoms with Crippen LogP contribution in [0, 0.1) is 6.92 Å². The van der Waals surface area contributed by atoms with Gasteiger partial charge in [-0.05, 0) is 19.8 Å². The predicted octanol–water partition coefficient (Wildman–Crippen LogP) is 2.14. The molecule has 0 amide bonds. The lowest BCUT2D eigenvalue weighted by molar-refractivity contribution is 0.775. The fraction of sp³-hybridized carbons (Fsp3) is 0.538. The van der Waals surface area contributed by atoms with Gasteiger partial charge in [-0.25, -0.2) is 19.6 Å². The summed E-state index contributed by atoms with van der Waals surface area (Å²) in [6.07, 6.45) is 6.12. The molecule has 0 aliphatic carbocycles. The number of nitrogens with one attached hydrogen (secondary N) is 1. The van der Waals surface area contributed by atoms with E-state index in [-0.39, 0.29) is 0 Å². The molecule has 102 valence electrons. The average Bonchev–Trinajstić information content (AvgIpc) is 2.93. The summed E-state index contributed by atoms with van der Waals surface area (Å²) in [4.78, 5) is 13.1. The molecule has 0 aliphatic heterocycles. The van der Waals surface area contributed by atoms with Crippen molar-refractivity contribution in [3.63, 3.8) is 0 Å². The van der Waals surface area contributed by atoms with Crippen molar-refractivity contribution in [1.82, 2.24) is 24.7 Å². The van der Waals surface area contributed by atoms with Crippen LogP contribution in [-0.4, -0.2) is 31.3 Å². The highest BCUT2D eigenvalue weighted by Crippen LogP contribution is 2.19. The lowest BCUT2D eigenvalue weighted by atomic mass is 10.2. The Morgan fingerprint density at radius 2 is 2.05 bits per heavy atom. The lowest BCUT2D eigenvalue weighted by Crippen LogP contribution is -2.12. The van der Waals surface area contributed by atoms with Crippen molar-refractivity contribution in [2.75, 3.05) is 11.9 Å². The van der Waals surface area contributed by atoms with Gasteiger partial charge in [0.25, 0.3) is 0 Å². The first-order chi connectivity index (χ1) is 9.26. The van der Waals surface area contributed by atoms with E-state index in [1.807, 2.05) is 6.92 Å². The van der Waals surface area contributed by atoms with Crippen molar-refractivity contribution in [3.05, 3.63) is 24.0 Å². The second-order valence-electron chi connectivity index (χ2n) is 4.45. The van der Waals surface area contributed by atoms with Crippen molar-refractivity contribution in [2.45, 2.75) is 40.0 Å². The Bertz CT molecular complexity index is 520. The standard InChI is InChI=1S/C13H20N6/c1-4-6-11-17-12(15-7-5-2)10(3)13(18-11)19-9-14-8-16-19/h8-9H,4-7H2,1-3H3,(H,15,17,18). The quantitative estimate of drug-likeness (QED) is 0.861. The van der Waals surface area contributed by atoms with Crippen LogP contribution in [0.4, 0.5) is 5.82 Å². The zero-order valence-electron chi connectivity index (χ0n) is 11.7. The molecule has 0 saturated heterocycles. The SMILES string of the molecule is CCCNc1nc(CCC)nc(-n2cncn2)c1C. The number of hydrogen-bond donors (Lipinski definition) is 1. The molecule has 0 unspecified atom stereocenters. The Morgan fingerprint density at radius 1 is 1.21 bits per heavy atom. The maximum Gasteiger partial charge on any atom is 0.163 e. The zero-order valence-corrected chi connectivity index (χ0v) is 11.7. The number of anilines is 1. The maximum absolute atomic E-state index is 4.59. The molecule has 2 rings (SSSR count). The highest BCUT2D eigenvalue weighted by Gasteiger charge is 2.12. The summed E-state index contributed by atoms with van der Waals surface area (Å²) in [6, 6.07) is 0. The van der Waals surface area contributed by atoms with E-state index < -0.39 is 0 Å². The molecule has 2 aromatic rings. The molecule has 0 aliphatic rings. The monoisotopic (exact) mass is 260 g/mol. The molecule has 0 bridgehead atoms. The van der Waals surface area contributed by atoms with Gasteiger partial charge in [-0.15, -0.1) is 0 Å². The normalized spacial score (nSPS) is 10.7. The molecule has 6 heteroatoms. The van der Waals surface area contributed by atoms with Crippen LogP contribution >= 0.6 is 0 Å². The highest BCUT2D eigenvalue weighted by atomic mass is 15.3. The van der Waals surface area contributed by atoms with Crippen molar-refractivity contribution in [3.8, 4) is 5.82 Å². The van der Waals surface area contributed by atoms with E-state index in [0.29, 0.717) is 0 Å². The average molecular weight is 260 g/mol. The Morgan fingerprint density at radius 3 is 2.68 bits per heavy atom. The first-order valence-corrected chi connectivity index (χ1v) is 6.72. The lowest BCUT2D eigenvalue weighted by Gasteiger charge is -2.13. The molecule has 0 spiro atoms. The molecular weight excluding hydrogens is 240 g/mol. The topological polar surface area (TPSA) is 68.5 Å². The van der Waals surface area contributed by atoms with E-state index in [0.717, 1.165) is 48.8 Å². The summed E-state index contributed by atoms with van der Waals surface area (Å²) >= 11 is 0. The summed E-state index contributed by atoms with van der Waals surface area (Å²) in [5, 5.41) is 7.51. The fourth-order valence-corrected chi connectivity index (χ4v) is 1.84. The van der Waals surface area contributed by atoms with Gasteiger partial charge in [0.1, 0.15) is 24.3 Å². The molecule has 0 saturated carbocycles. The van der Waals surface area contributed by atoms with E-state index in [1.165, 1.54) is 6.33 Å². The van der Waals surface area contributed by atoms with Gasteiger partial charge in [0.2, 0.25) is 0 Å². The summed E-state index contributed by atoms with van der Waals surface area (Å²) in [7, 11) is 0. The van der Waals surface area contributed by atoms with Crippen LogP contribution < -0.4 is 5.32 Å². The number of aryl methyl sites for hydroxylation is 1. The third-order valence-electron chi connectivity index (χ3n) is 2.82. The van der Waals surface area contributed by atoms with Gasteiger partial charge in [0, 0.05) is 18.5 Å².